The van der Waals surface area contributed by atoms with Crippen molar-refractivity contribution in [1.29, 1.82) is 0 Å². The third kappa shape index (κ3) is 3.61. The number of anilines is 1. The van der Waals surface area contributed by atoms with Gasteiger partial charge in [0.2, 0.25) is 5.91 Å². The number of hydrogen-bond acceptors (Lipinski definition) is 2. The molecule has 0 aliphatic rings. The monoisotopic (exact) mass is 280 g/mol. The predicted octanol–water partition coefficient (Wildman–Crippen LogP) is 3.03. The maximum atomic E-state index is 12.6. The highest BCUT2D eigenvalue weighted by molar-refractivity contribution is 6.31. The van der Waals surface area contributed by atoms with Crippen molar-refractivity contribution in [2.45, 2.75) is 25.6 Å². The number of rotatable bonds is 2. The highest BCUT2D eigenvalue weighted by atomic mass is 35.5. The number of halogens is 4. The Kier molecular flexibility index (Phi) is 3.92. The maximum absolute atomic E-state index is 12.6. The van der Waals surface area contributed by atoms with E-state index in [-0.39, 0.29) is 5.69 Å². The first-order chi connectivity index (χ1) is 8.01. The van der Waals surface area contributed by atoms with Crippen LogP contribution in [0.25, 0.3) is 0 Å². The molecule has 1 amide bonds. The second-order valence-corrected chi connectivity index (χ2v) is 4.78. The molecule has 0 spiro atoms. The Balaban J connectivity index is 3.04. The van der Waals surface area contributed by atoms with Crippen molar-refractivity contribution in [2.75, 3.05) is 5.32 Å². The van der Waals surface area contributed by atoms with Crippen molar-refractivity contribution in [3.63, 3.8) is 0 Å². The Morgan fingerprint density at radius 3 is 2.33 bits per heavy atom. The van der Waals surface area contributed by atoms with Gasteiger partial charge >= 0.3 is 6.18 Å². The minimum Gasteiger partial charge on any atom is -0.324 e. The van der Waals surface area contributed by atoms with Crippen molar-refractivity contribution in [3.8, 4) is 0 Å². The van der Waals surface area contributed by atoms with E-state index in [9.17, 15) is 18.0 Å². The fourth-order valence-electron chi connectivity index (χ4n) is 1.11. The van der Waals surface area contributed by atoms with Gasteiger partial charge < -0.3 is 11.1 Å². The Bertz CT molecular complexity index is 466. The Labute approximate surface area is 107 Å². The molecular weight excluding hydrogens is 269 g/mol. The molecule has 1 aromatic carbocycles. The van der Waals surface area contributed by atoms with Gasteiger partial charge in [-0.05, 0) is 32.0 Å². The van der Waals surface area contributed by atoms with Crippen molar-refractivity contribution < 1.29 is 18.0 Å². The highest BCUT2D eigenvalue weighted by Crippen LogP contribution is 2.36. The van der Waals surface area contributed by atoms with E-state index in [4.69, 9.17) is 17.3 Å². The molecule has 3 nitrogen and oxygen atoms in total. The number of alkyl halides is 3. The molecule has 18 heavy (non-hydrogen) atoms. The summed E-state index contributed by atoms with van der Waals surface area (Å²) in [6.07, 6.45) is -4.57. The van der Waals surface area contributed by atoms with Crippen LogP contribution in [0.15, 0.2) is 18.2 Å². The second-order valence-electron chi connectivity index (χ2n) is 4.37. The molecule has 0 atom stereocenters. The number of amides is 1. The number of nitrogens with one attached hydrogen (secondary N) is 1. The summed E-state index contributed by atoms with van der Waals surface area (Å²) >= 11 is 5.45. The summed E-state index contributed by atoms with van der Waals surface area (Å²) in [7, 11) is 0. The van der Waals surface area contributed by atoms with Crippen molar-refractivity contribution in [1.82, 2.24) is 0 Å². The molecular formula is C11H12ClF3N2O. The first kappa shape index (κ1) is 14.8. The SMILES string of the molecule is CC(C)(N)C(=O)Nc1ccc(Cl)c(C(F)(F)F)c1. The molecule has 1 rings (SSSR count). The standard InChI is InChI=1S/C11H12ClF3N2O/c1-10(2,16)9(18)17-6-3-4-8(12)7(5-6)11(13,14)15/h3-5H,16H2,1-2H3,(H,17,18). The van der Waals surface area contributed by atoms with E-state index in [1.807, 2.05) is 0 Å². The van der Waals surface area contributed by atoms with Crippen molar-refractivity contribution in [3.05, 3.63) is 28.8 Å². The minimum atomic E-state index is -4.57. The molecule has 0 fully saturated rings. The molecule has 3 N–H and O–H groups in total. The van der Waals surface area contributed by atoms with Gasteiger partial charge in [0.1, 0.15) is 0 Å². The zero-order chi connectivity index (χ0) is 14.1. The van der Waals surface area contributed by atoms with Gasteiger partial charge in [0.15, 0.2) is 0 Å². The zero-order valence-electron chi connectivity index (χ0n) is 9.73. The summed E-state index contributed by atoms with van der Waals surface area (Å²) in [6.45, 7) is 2.89. The second kappa shape index (κ2) is 4.78. The molecule has 0 heterocycles. The van der Waals surface area contributed by atoms with Crippen molar-refractivity contribution >= 4 is 23.2 Å². The van der Waals surface area contributed by atoms with Gasteiger partial charge in [0.05, 0.1) is 16.1 Å². The van der Waals surface area contributed by atoms with Crippen LogP contribution in [0.1, 0.15) is 19.4 Å². The molecule has 1 aromatic rings. The molecule has 0 aromatic heterocycles. The van der Waals surface area contributed by atoms with Crippen LogP contribution in [0.2, 0.25) is 5.02 Å². The summed E-state index contributed by atoms with van der Waals surface area (Å²) in [6, 6.07) is 3.12. The summed E-state index contributed by atoms with van der Waals surface area (Å²) < 4.78 is 37.7. The van der Waals surface area contributed by atoms with Crippen LogP contribution in [0.5, 0.6) is 0 Å². The van der Waals surface area contributed by atoms with E-state index in [0.29, 0.717) is 0 Å². The Hall–Kier alpha value is -1.27. The fourth-order valence-corrected chi connectivity index (χ4v) is 1.34. The largest absolute Gasteiger partial charge is 0.417 e. The molecule has 7 heteroatoms. The van der Waals surface area contributed by atoms with Crippen molar-refractivity contribution in [2.24, 2.45) is 5.73 Å². The van der Waals surface area contributed by atoms with E-state index < -0.39 is 28.2 Å². The number of carbonyl (C=O) groups is 1. The van der Waals surface area contributed by atoms with Crippen LogP contribution < -0.4 is 11.1 Å². The average Bonchev–Trinajstić information content (AvgIpc) is 2.17. The lowest BCUT2D eigenvalue weighted by Crippen LogP contribution is -2.45. The molecule has 0 unspecified atom stereocenters. The summed E-state index contributed by atoms with van der Waals surface area (Å²) in [5.74, 6) is -0.585. The smallest absolute Gasteiger partial charge is 0.324 e. The van der Waals surface area contributed by atoms with Crippen LogP contribution in [0, 0.1) is 0 Å². The van der Waals surface area contributed by atoms with Gasteiger partial charge in [0.25, 0.3) is 0 Å². The molecule has 0 saturated carbocycles. The van der Waals surface area contributed by atoms with E-state index in [2.05, 4.69) is 5.32 Å². The topological polar surface area (TPSA) is 55.1 Å². The lowest BCUT2D eigenvalue weighted by Gasteiger charge is -2.18. The third-order valence-electron chi connectivity index (χ3n) is 2.11. The van der Waals surface area contributed by atoms with Gasteiger partial charge in [-0.15, -0.1) is 0 Å². The number of nitrogens with two attached hydrogens (primary N) is 1. The van der Waals surface area contributed by atoms with Gasteiger partial charge in [-0.1, -0.05) is 11.6 Å². The molecule has 0 saturated heterocycles. The van der Waals surface area contributed by atoms with Crippen LogP contribution in [0.4, 0.5) is 18.9 Å². The van der Waals surface area contributed by atoms with Gasteiger partial charge in [-0.3, -0.25) is 4.79 Å². The summed E-state index contributed by atoms with van der Waals surface area (Å²) in [4.78, 5) is 11.5. The summed E-state index contributed by atoms with van der Waals surface area (Å²) in [5.41, 5.74) is 3.33. The van der Waals surface area contributed by atoms with Gasteiger partial charge in [-0.2, -0.15) is 13.2 Å². The molecule has 100 valence electrons. The van der Waals surface area contributed by atoms with E-state index in [0.717, 1.165) is 12.1 Å². The van der Waals surface area contributed by atoms with E-state index >= 15 is 0 Å². The van der Waals surface area contributed by atoms with Crippen LogP contribution in [-0.4, -0.2) is 11.4 Å². The van der Waals surface area contributed by atoms with E-state index in [1.165, 1.54) is 19.9 Å². The fraction of sp³-hybridized carbons (Fsp3) is 0.364. The third-order valence-corrected chi connectivity index (χ3v) is 2.44. The quantitative estimate of drug-likeness (QED) is 0.875. The molecule has 0 bridgehead atoms. The highest BCUT2D eigenvalue weighted by Gasteiger charge is 2.33. The zero-order valence-corrected chi connectivity index (χ0v) is 10.5. The number of benzene rings is 1. The lowest BCUT2D eigenvalue weighted by molar-refractivity contribution is -0.137. The minimum absolute atomic E-state index is 0.00440. The first-order valence-corrected chi connectivity index (χ1v) is 5.36. The summed E-state index contributed by atoms with van der Waals surface area (Å²) in [5, 5.41) is 1.88. The number of carbonyl (C=O) groups excluding carboxylic acids is 1. The van der Waals surface area contributed by atoms with E-state index in [1.54, 1.807) is 0 Å². The Morgan fingerprint density at radius 2 is 1.89 bits per heavy atom. The normalized spacial score (nSPS) is 12.4. The first-order valence-electron chi connectivity index (χ1n) is 4.99. The van der Waals surface area contributed by atoms with Crippen LogP contribution in [-0.2, 0) is 11.0 Å². The average molecular weight is 281 g/mol. The Morgan fingerprint density at radius 1 is 1.33 bits per heavy atom. The number of hydrogen-bond donors (Lipinski definition) is 2. The van der Waals surface area contributed by atoms with Crippen LogP contribution in [0.3, 0.4) is 0 Å². The van der Waals surface area contributed by atoms with Gasteiger partial charge in [0, 0.05) is 5.69 Å². The van der Waals surface area contributed by atoms with Gasteiger partial charge in [-0.25, -0.2) is 0 Å². The lowest BCUT2D eigenvalue weighted by atomic mass is 10.1. The molecule has 0 aliphatic carbocycles. The predicted molar refractivity (Wildman–Crippen MR) is 63.4 cm³/mol. The molecule has 0 aliphatic heterocycles. The maximum Gasteiger partial charge on any atom is 0.417 e. The van der Waals surface area contributed by atoms with Crippen LogP contribution >= 0.6 is 11.6 Å². The molecule has 0 radical (unpaired) electrons.